The van der Waals surface area contributed by atoms with Gasteiger partial charge in [0.2, 0.25) is 0 Å². The lowest BCUT2D eigenvalue weighted by molar-refractivity contribution is -0.152. The number of esters is 1. The summed E-state index contributed by atoms with van der Waals surface area (Å²) in [6.07, 6.45) is 4.37. The lowest BCUT2D eigenvalue weighted by atomic mass is 10.1. The van der Waals surface area contributed by atoms with E-state index in [1.54, 1.807) is 6.92 Å². The molecule has 2 aromatic rings. The van der Waals surface area contributed by atoms with Gasteiger partial charge in [0.15, 0.2) is 6.10 Å². The highest BCUT2D eigenvalue weighted by atomic mass is 32.1. The summed E-state index contributed by atoms with van der Waals surface area (Å²) in [6, 6.07) is 9.86. The summed E-state index contributed by atoms with van der Waals surface area (Å²) in [4.78, 5) is 25.8. The van der Waals surface area contributed by atoms with Crippen molar-refractivity contribution in [1.82, 2.24) is 0 Å². The molecular formula is C22H24N2O3S. The van der Waals surface area contributed by atoms with Crippen molar-refractivity contribution in [1.29, 1.82) is 5.26 Å². The molecule has 1 amide bonds. The van der Waals surface area contributed by atoms with Crippen molar-refractivity contribution >= 4 is 28.2 Å². The second kappa shape index (κ2) is 9.03. The Hall–Kier alpha value is -2.65. The molecule has 1 aromatic heterocycles. The van der Waals surface area contributed by atoms with Crippen LogP contribution in [0.2, 0.25) is 0 Å². The molecule has 0 aliphatic heterocycles. The molecule has 5 nitrogen and oxygen atoms in total. The van der Waals surface area contributed by atoms with Gasteiger partial charge in [0.05, 0.1) is 12.0 Å². The molecule has 0 unspecified atom stereocenters. The van der Waals surface area contributed by atoms with E-state index >= 15 is 0 Å². The Morgan fingerprint density at radius 2 is 1.93 bits per heavy atom. The zero-order valence-corrected chi connectivity index (χ0v) is 17.0. The van der Waals surface area contributed by atoms with Crippen LogP contribution in [0.3, 0.4) is 0 Å². The first kappa shape index (κ1) is 20.1. The third-order valence-corrected chi connectivity index (χ3v) is 6.12. The predicted octanol–water partition coefficient (Wildman–Crippen LogP) is 4.31. The Kier molecular flexibility index (Phi) is 6.48. The van der Waals surface area contributed by atoms with Crippen molar-refractivity contribution in [3.8, 4) is 6.07 Å². The highest BCUT2D eigenvalue weighted by Crippen LogP contribution is 2.37. The number of ether oxygens (including phenoxy) is 1. The van der Waals surface area contributed by atoms with E-state index in [-0.39, 0.29) is 6.42 Å². The van der Waals surface area contributed by atoms with Crippen molar-refractivity contribution < 1.29 is 14.3 Å². The van der Waals surface area contributed by atoms with Gasteiger partial charge in [-0.1, -0.05) is 36.2 Å². The van der Waals surface area contributed by atoms with Gasteiger partial charge in [-0.05, 0) is 50.7 Å². The first-order valence-electron chi connectivity index (χ1n) is 9.58. The van der Waals surface area contributed by atoms with Crippen LogP contribution in [0, 0.1) is 18.3 Å². The van der Waals surface area contributed by atoms with Gasteiger partial charge in [0.25, 0.3) is 5.91 Å². The van der Waals surface area contributed by atoms with E-state index in [1.807, 2.05) is 31.2 Å². The third-order valence-electron chi connectivity index (χ3n) is 4.92. The molecule has 6 heteroatoms. The predicted molar refractivity (Wildman–Crippen MR) is 109 cm³/mol. The standard InChI is InChI=1S/C22H24N2O3S/c1-14-8-10-16(11-9-14)12-20(25)27-15(2)21(26)24-22-18(13-23)17-6-4-3-5-7-19(17)28-22/h8-11,15H,3-7,12H2,1-2H3,(H,24,26)/t15-/m0/s1. The first-order chi connectivity index (χ1) is 13.5. The van der Waals surface area contributed by atoms with Gasteiger partial charge in [-0.2, -0.15) is 5.26 Å². The average molecular weight is 397 g/mol. The van der Waals surface area contributed by atoms with E-state index in [1.165, 1.54) is 22.6 Å². The van der Waals surface area contributed by atoms with E-state index in [9.17, 15) is 14.9 Å². The number of aryl methyl sites for hydroxylation is 2. The Labute approximate surface area is 169 Å². The number of anilines is 1. The van der Waals surface area contributed by atoms with Gasteiger partial charge in [-0.25, -0.2) is 0 Å². The summed E-state index contributed by atoms with van der Waals surface area (Å²) >= 11 is 1.47. The Bertz CT molecular complexity index is 909. The van der Waals surface area contributed by atoms with E-state index in [0.717, 1.165) is 42.4 Å². The molecule has 1 aliphatic rings. The van der Waals surface area contributed by atoms with Crippen molar-refractivity contribution in [2.75, 3.05) is 5.32 Å². The zero-order valence-electron chi connectivity index (χ0n) is 16.2. The summed E-state index contributed by atoms with van der Waals surface area (Å²) in [5.74, 6) is -0.862. The molecule has 0 spiro atoms. The molecule has 0 saturated heterocycles. The van der Waals surface area contributed by atoms with Gasteiger partial charge in [0.1, 0.15) is 11.1 Å². The number of rotatable bonds is 5. The molecular weight excluding hydrogens is 372 g/mol. The Morgan fingerprint density at radius 3 is 2.64 bits per heavy atom. The topological polar surface area (TPSA) is 79.2 Å². The number of fused-ring (bicyclic) bond motifs is 1. The van der Waals surface area contributed by atoms with Gasteiger partial charge in [-0.3, -0.25) is 9.59 Å². The van der Waals surface area contributed by atoms with Crippen LogP contribution in [0.25, 0.3) is 0 Å². The van der Waals surface area contributed by atoms with Crippen LogP contribution in [-0.2, 0) is 33.6 Å². The van der Waals surface area contributed by atoms with Gasteiger partial charge in [0, 0.05) is 4.88 Å². The number of hydrogen-bond donors (Lipinski definition) is 1. The number of nitriles is 1. The number of nitrogens with one attached hydrogen (secondary N) is 1. The normalized spacial score (nSPS) is 14.3. The average Bonchev–Trinajstić information content (AvgIpc) is 2.83. The quantitative estimate of drug-likeness (QED) is 0.603. The first-order valence-corrected chi connectivity index (χ1v) is 10.4. The minimum Gasteiger partial charge on any atom is -0.452 e. The molecule has 1 atom stereocenters. The molecule has 28 heavy (non-hydrogen) atoms. The van der Waals surface area contributed by atoms with Crippen LogP contribution in [0.4, 0.5) is 5.00 Å². The van der Waals surface area contributed by atoms with Gasteiger partial charge >= 0.3 is 5.97 Å². The fourth-order valence-corrected chi connectivity index (χ4v) is 4.57. The van der Waals surface area contributed by atoms with E-state index in [2.05, 4.69) is 11.4 Å². The minimum atomic E-state index is -0.925. The largest absolute Gasteiger partial charge is 0.452 e. The molecule has 1 heterocycles. The van der Waals surface area contributed by atoms with Crippen molar-refractivity contribution in [3.05, 3.63) is 51.4 Å². The highest BCUT2D eigenvalue weighted by molar-refractivity contribution is 7.16. The van der Waals surface area contributed by atoms with E-state index < -0.39 is 18.0 Å². The zero-order chi connectivity index (χ0) is 20.1. The van der Waals surface area contributed by atoms with Crippen LogP contribution in [-0.4, -0.2) is 18.0 Å². The number of amides is 1. The van der Waals surface area contributed by atoms with Gasteiger partial charge < -0.3 is 10.1 Å². The molecule has 1 N–H and O–H groups in total. The molecule has 0 radical (unpaired) electrons. The summed E-state index contributed by atoms with van der Waals surface area (Å²) in [7, 11) is 0. The molecule has 146 valence electrons. The molecule has 3 rings (SSSR count). The van der Waals surface area contributed by atoms with E-state index in [4.69, 9.17) is 4.74 Å². The lowest BCUT2D eigenvalue weighted by Crippen LogP contribution is -2.30. The van der Waals surface area contributed by atoms with Crippen molar-refractivity contribution in [2.24, 2.45) is 0 Å². The minimum absolute atomic E-state index is 0.120. The second-order valence-corrected chi connectivity index (χ2v) is 8.27. The maximum atomic E-state index is 12.5. The number of thiophene rings is 1. The third kappa shape index (κ3) is 4.79. The summed E-state index contributed by atoms with van der Waals surface area (Å²) in [6.45, 7) is 3.53. The molecule has 0 saturated carbocycles. The Balaban J connectivity index is 1.62. The van der Waals surface area contributed by atoms with Crippen LogP contribution in [0.15, 0.2) is 24.3 Å². The van der Waals surface area contributed by atoms with Crippen LogP contribution in [0.1, 0.15) is 53.3 Å². The summed E-state index contributed by atoms with van der Waals surface area (Å²) < 4.78 is 5.28. The number of hydrogen-bond acceptors (Lipinski definition) is 5. The van der Waals surface area contributed by atoms with Crippen LogP contribution < -0.4 is 5.32 Å². The molecule has 1 aliphatic carbocycles. The number of carbonyl (C=O) groups is 2. The fraction of sp³-hybridized carbons (Fsp3) is 0.409. The number of benzene rings is 1. The van der Waals surface area contributed by atoms with Crippen LogP contribution >= 0.6 is 11.3 Å². The van der Waals surface area contributed by atoms with Crippen LogP contribution in [0.5, 0.6) is 0 Å². The maximum Gasteiger partial charge on any atom is 0.311 e. The molecule has 0 fully saturated rings. The Morgan fingerprint density at radius 1 is 1.21 bits per heavy atom. The maximum absolute atomic E-state index is 12.5. The number of carbonyl (C=O) groups excluding carboxylic acids is 2. The second-order valence-electron chi connectivity index (χ2n) is 7.16. The van der Waals surface area contributed by atoms with E-state index in [0.29, 0.717) is 10.6 Å². The van der Waals surface area contributed by atoms with Crippen molar-refractivity contribution in [2.45, 2.75) is 58.5 Å². The monoisotopic (exact) mass is 396 g/mol. The SMILES string of the molecule is Cc1ccc(CC(=O)O[C@@H](C)C(=O)Nc2sc3c(c2C#N)CCCCC3)cc1. The summed E-state index contributed by atoms with van der Waals surface area (Å²) in [5.41, 5.74) is 3.60. The smallest absolute Gasteiger partial charge is 0.311 e. The molecule has 0 bridgehead atoms. The van der Waals surface area contributed by atoms with Crippen molar-refractivity contribution in [3.63, 3.8) is 0 Å². The lowest BCUT2D eigenvalue weighted by Gasteiger charge is -2.13. The summed E-state index contributed by atoms with van der Waals surface area (Å²) in [5, 5.41) is 12.9. The molecule has 1 aromatic carbocycles. The van der Waals surface area contributed by atoms with Gasteiger partial charge in [-0.15, -0.1) is 11.3 Å². The number of nitrogens with zero attached hydrogens (tertiary/aromatic N) is 1. The fourth-order valence-electron chi connectivity index (χ4n) is 3.33. The highest BCUT2D eigenvalue weighted by Gasteiger charge is 2.24.